The molecule has 7 heteroatoms. The number of nitrogens with zero attached hydrogens (tertiary/aromatic N) is 4. The van der Waals surface area contributed by atoms with Gasteiger partial charge in [0.05, 0.1) is 17.7 Å². The second-order valence-electron chi connectivity index (χ2n) is 6.54. The molecular weight excluding hydrogens is 294 g/mol. The van der Waals surface area contributed by atoms with E-state index in [1.165, 1.54) is 0 Å². The highest BCUT2D eigenvalue weighted by molar-refractivity contribution is 5.86. The van der Waals surface area contributed by atoms with Crippen LogP contribution in [-0.2, 0) is 16.0 Å². The number of carbonyl (C=O) groups excluding carboxylic acids is 2. The zero-order valence-electron chi connectivity index (χ0n) is 13.4. The van der Waals surface area contributed by atoms with Crippen LogP contribution in [0.4, 0.5) is 0 Å². The maximum absolute atomic E-state index is 12.8. The quantitative estimate of drug-likeness (QED) is 0.835. The molecule has 0 unspecified atom stereocenters. The minimum absolute atomic E-state index is 0.0326. The summed E-state index contributed by atoms with van der Waals surface area (Å²) in [6.07, 6.45) is 8.08. The van der Waals surface area contributed by atoms with Crippen LogP contribution >= 0.6 is 0 Å². The molecule has 1 atom stereocenters. The van der Waals surface area contributed by atoms with Gasteiger partial charge in [-0.2, -0.15) is 0 Å². The van der Waals surface area contributed by atoms with Gasteiger partial charge in [-0.05, 0) is 19.3 Å². The van der Waals surface area contributed by atoms with Gasteiger partial charge in [-0.1, -0.05) is 0 Å². The molecular formula is C16H23N5O2. The maximum Gasteiger partial charge on any atom is 0.236 e. The average Bonchev–Trinajstić information content (AvgIpc) is 2.81. The van der Waals surface area contributed by atoms with Crippen molar-refractivity contribution >= 4 is 11.8 Å². The summed E-state index contributed by atoms with van der Waals surface area (Å²) >= 11 is 0. The molecule has 1 aromatic heterocycles. The summed E-state index contributed by atoms with van der Waals surface area (Å²) in [4.78, 5) is 36.5. The number of likely N-dealkylation sites (N-methyl/N-ethyl adjacent to an activating group) is 1. The third-order valence-electron chi connectivity index (χ3n) is 5.26. The zero-order chi connectivity index (χ0) is 16.4. The van der Waals surface area contributed by atoms with Crippen molar-refractivity contribution in [2.75, 3.05) is 26.7 Å². The molecule has 0 bridgehead atoms. The molecule has 0 aromatic carbocycles. The minimum Gasteiger partial charge on any atom is -0.342 e. The molecule has 2 aliphatic rings. The first-order valence-electron chi connectivity index (χ1n) is 8.06. The SMILES string of the molecule is CN1C(=O)C2(CCN(C(=O)CN)CC2)C[C@H]1Cc1cnccn1. The molecule has 124 valence electrons. The Labute approximate surface area is 135 Å². The zero-order valence-corrected chi connectivity index (χ0v) is 13.4. The predicted molar refractivity (Wildman–Crippen MR) is 84.2 cm³/mol. The van der Waals surface area contributed by atoms with Crippen LogP contribution in [0.5, 0.6) is 0 Å². The van der Waals surface area contributed by atoms with E-state index in [1.807, 2.05) is 11.9 Å². The van der Waals surface area contributed by atoms with Gasteiger partial charge in [0.15, 0.2) is 0 Å². The lowest BCUT2D eigenvalue weighted by Gasteiger charge is -2.37. The first-order valence-corrected chi connectivity index (χ1v) is 8.06. The number of piperidine rings is 1. The standard InChI is InChI=1S/C16H23N5O2/c1-20-13(8-12-11-18-4-5-19-12)9-16(15(20)23)2-6-21(7-3-16)14(22)10-17/h4-5,11,13H,2-3,6-10,17H2,1H3/t13-/m1/s1. The first kappa shape index (κ1) is 15.9. The summed E-state index contributed by atoms with van der Waals surface area (Å²) < 4.78 is 0. The Morgan fingerprint density at radius 2 is 2.13 bits per heavy atom. The van der Waals surface area contributed by atoms with Gasteiger partial charge in [-0.25, -0.2) is 0 Å². The fraction of sp³-hybridized carbons (Fsp3) is 0.625. The summed E-state index contributed by atoms with van der Waals surface area (Å²) in [6, 6.07) is 0.149. The number of nitrogens with two attached hydrogens (primary N) is 1. The molecule has 1 spiro atoms. The molecule has 0 radical (unpaired) electrons. The highest BCUT2D eigenvalue weighted by Gasteiger charge is 2.51. The first-order chi connectivity index (χ1) is 11.1. The van der Waals surface area contributed by atoms with Gasteiger partial charge in [-0.15, -0.1) is 0 Å². The number of amides is 2. The smallest absolute Gasteiger partial charge is 0.236 e. The molecule has 23 heavy (non-hydrogen) atoms. The summed E-state index contributed by atoms with van der Waals surface area (Å²) in [5.41, 5.74) is 6.01. The van der Waals surface area contributed by atoms with Crippen molar-refractivity contribution in [1.82, 2.24) is 19.8 Å². The van der Waals surface area contributed by atoms with Gasteiger partial charge < -0.3 is 15.5 Å². The molecule has 2 aliphatic heterocycles. The van der Waals surface area contributed by atoms with Crippen molar-refractivity contribution in [3.8, 4) is 0 Å². The molecule has 2 fully saturated rings. The molecule has 0 aliphatic carbocycles. The van der Waals surface area contributed by atoms with Crippen LogP contribution in [0, 0.1) is 5.41 Å². The van der Waals surface area contributed by atoms with E-state index in [9.17, 15) is 9.59 Å². The summed E-state index contributed by atoms with van der Waals surface area (Å²) in [5.74, 6) is 0.168. The predicted octanol–water partition coefficient (Wildman–Crippen LogP) is -0.183. The number of likely N-dealkylation sites (tertiary alicyclic amines) is 2. The van der Waals surface area contributed by atoms with Crippen molar-refractivity contribution in [2.45, 2.75) is 31.7 Å². The van der Waals surface area contributed by atoms with E-state index in [2.05, 4.69) is 9.97 Å². The normalized spacial score (nSPS) is 23.6. The highest BCUT2D eigenvalue weighted by atomic mass is 16.2. The third-order valence-corrected chi connectivity index (χ3v) is 5.26. The number of aromatic nitrogens is 2. The molecule has 3 rings (SSSR count). The van der Waals surface area contributed by atoms with Crippen LogP contribution in [0.25, 0.3) is 0 Å². The molecule has 3 heterocycles. The minimum atomic E-state index is -0.326. The van der Waals surface area contributed by atoms with Crippen LogP contribution in [0.2, 0.25) is 0 Å². The Kier molecular flexibility index (Phi) is 4.30. The van der Waals surface area contributed by atoms with Gasteiger partial charge in [0.1, 0.15) is 0 Å². The molecule has 2 saturated heterocycles. The monoisotopic (exact) mass is 317 g/mol. The van der Waals surface area contributed by atoms with Gasteiger partial charge in [0.2, 0.25) is 11.8 Å². The maximum atomic E-state index is 12.8. The Balaban J connectivity index is 1.68. The van der Waals surface area contributed by atoms with Crippen molar-refractivity contribution in [3.63, 3.8) is 0 Å². The van der Waals surface area contributed by atoms with Crippen LogP contribution in [0.1, 0.15) is 25.0 Å². The van der Waals surface area contributed by atoms with E-state index < -0.39 is 0 Å². The van der Waals surface area contributed by atoms with Gasteiger partial charge >= 0.3 is 0 Å². The second kappa shape index (κ2) is 6.23. The Bertz CT molecular complexity index is 583. The van der Waals surface area contributed by atoms with Gasteiger partial charge in [0, 0.05) is 51.2 Å². The summed E-state index contributed by atoms with van der Waals surface area (Å²) in [7, 11) is 1.87. The molecule has 0 saturated carbocycles. The number of hydrogen-bond donors (Lipinski definition) is 1. The molecule has 2 N–H and O–H groups in total. The average molecular weight is 317 g/mol. The van der Waals surface area contributed by atoms with E-state index in [0.29, 0.717) is 13.1 Å². The lowest BCUT2D eigenvalue weighted by atomic mass is 9.75. The van der Waals surface area contributed by atoms with E-state index in [0.717, 1.165) is 31.4 Å². The van der Waals surface area contributed by atoms with Crippen LogP contribution in [0.3, 0.4) is 0 Å². The fourth-order valence-corrected chi connectivity index (χ4v) is 3.83. The van der Waals surface area contributed by atoms with Gasteiger partial charge in [0.25, 0.3) is 0 Å². The Morgan fingerprint density at radius 3 is 2.74 bits per heavy atom. The van der Waals surface area contributed by atoms with Crippen LogP contribution < -0.4 is 5.73 Å². The van der Waals surface area contributed by atoms with E-state index >= 15 is 0 Å². The van der Waals surface area contributed by atoms with Crippen LogP contribution in [-0.4, -0.2) is 64.3 Å². The number of rotatable bonds is 3. The molecule has 1 aromatic rings. The molecule has 7 nitrogen and oxygen atoms in total. The van der Waals surface area contributed by atoms with Gasteiger partial charge in [-0.3, -0.25) is 19.6 Å². The Hall–Kier alpha value is -2.02. The number of hydrogen-bond acceptors (Lipinski definition) is 5. The van der Waals surface area contributed by atoms with E-state index in [1.54, 1.807) is 23.5 Å². The lowest BCUT2D eigenvalue weighted by Crippen LogP contribution is -2.47. The summed E-state index contributed by atoms with van der Waals surface area (Å²) in [6.45, 7) is 1.27. The Morgan fingerprint density at radius 1 is 1.39 bits per heavy atom. The largest absolute Gasteiger partial charge is 0.342 e. The number of carbonyl (C=O) groups is 2. The van der Waals surface area contributed by atoms with E-state index in [-0.39, 0.29) is 29.8 Å². The van der Waals surface area contributed by atoms with Crippen molar-refractivity contribution in [2.24, 2.45) is 11.1 Å². The lowest BCUT2D eigenvalue weighted by molar-refractivity contribution is -0.141. The fourth-order valence-electron chi connectivity index (χ4n) is 3.83. The third kappa shape index (κ3) is 2.93. The second-order valence-corrected chi connectivity index (χ2v) is 6.54. The van der Waals surface area contributed by atoms with E-state index in [4.69, 9.17) is 5.73 Å². The topological polar surface area (TPSA) is 92.4 Å². The molecule has 2 amide bonds. The highest BCUT2D eigenvalue weighted by Crippen LogP contribution is 2.44. The summed E-state index contributed by atoms with van der Waals surface area (Å²) in [5, 5.41) is 0. The van der Waals surface area contributed by atoms with Crippen molar-refractivity contribution < 1.29 is 9.59 Å². The van der Waals surface area contributed by atoms with Crippen molar-refractivity contribution in [3.05, 3.63) is 24.3 Å². The van der Waals surface area contributed by atoms with Crippen LogP contribution in [0.15, 0.2) is 18.6 Å². The van der Waals surface area contributed by atoms with Crippen molar-refractivity contribution in [1.29, 1.82) is 0 Å².